The van der Waals surface area contributed by atoms with Gasteiger partial charge in [0, 0.05) is 0 Å². The number of alkyl halides is 1. The number of hydrogen-bond acceptors (Lipinski definition) is 3. The lowest BCUT2D eigenvalue weighted by Crippen LogP contribution is -2.19. The summed E-state index contributed by atoms with van der Waals surface area (Å²) in [5.74, 6) is 0. The average molecular weight is 287 g/mol. The molecule has 0 aliphatic heterocycles. The van der Waals surface area contributed by atoms with Crippen LogP contribution in [0.25, 0.3) is 0 Å². The molecule has 0 N–H and O–H groups in total. The molecular weight excluding hydrogens is 264 g/mol. The van der Waals surface area contributed by atoms with Crippen LogP contribution >= 0.6 is 49.5 Å². The van der Waals surface area contributed by atoms with Crippen LogP contribution in [-0.4, -0.2) is 8.79 Å². The highest BCUT2D eigenvalue weighted by Crippen LogP contribution is 2.35. The first kappa shape index (κ1) is 16.3. The topological polar surface area (TPSA) is 0 Å². The minimum atomic E-state index is -0.649. The van der Waals surface area contributed by atoms with E-state index in [0.29, 0.717) is 0 Å². The van der Waals surface area contributed by atoms with E-state index in [1.165, 1.54) is 38.5 Å². The summed E-state index contributed by atoms with van der Waals surface area (Å²) in [5, 5.41) is -0.0665. The summed E-state index contributed by atoms with van der Waals surface area (Å²) >= 11 is 18.7. The van der Waals surface area contributed by atoms with Crippen molar-refractivity contribution in [3.05, 3.63) is 0 Å². The second kappa shape index (κ2) is 9.38. The Morgan fingerprint density at radius 2 is 1.40 bits per heavy atom. The highest BCUT2D eigenvalue weighted by atomic mass is 35.5. The molecule has 0 aliphatic carbocycles. The third-order valence-corrected chi connectivity index (χ3v) is 4.42. The maximum atomic E-state index is 6.09. The van der Waals surface area contributed by atoms with Gasteiger partial charge in [-0.15, -0.1) is 49.5 Å². The van der Waals surface area contributed by atoms with Gasteiger partial charge in [0.1, 0.15) is 3.41 Å². The number of rotatable bonds is 9. The summed E-state index contributed by atoms with van der Waals surface area (Å²) in [6.07, 6.45) is 10.1. The van der Waals surface area contributed by atoms with E-state index >= 15 is 0 Å². The van der Waals surface area contributed by atoms with Crippen molar-refractivity contribution in [1.29, 1.82) is 0 Å². The lowest BCUT2D eigenvalue weighted by Gasteiger charge is -2.21. The van der Waals surface area contributed by atoms with Crippen molar-refractivity contribution in [2.75, 3.05) is 0 Å². The molecule has 0 saturated carbocycles. The Morgan fingerprint density at radius 1 is 0.933 bits per heavy atom. The molecule has 1 unspecified atom stereocenters. The van der Waals surface area contributed by atoms with Gasteiger partial charge in [-0.25, -0.2) is 0 Å². The first-order valence-corrected chi connectivity index (χ1v) is 7.57. The standard InChI is InChI=1S/C11H23ClS3/c1-2-3-4-5-6-7-8-9-10(12)11(13,14)15/h10,13-15H,2-9H2,1H3. The summed E-state index contributed by atoms with van der Waals surface area (Å²) in [7, 11) is 0. The fourth-order valence-corrected chi connectivity index (χ4v) is 2.02. The molecule has 0 saturated heterocycles. The molecule has 92 valence electrons. The van der Waals surface area contributed by atoms with Crippen molar-refractivity contribution in [2.24, 2.45) is 0 Å². The van der Waals surface area contributed by atoms with Crippen molar-refractivity contribution >= 4 is 49.5 Å². The Bertz CT molecular complexity index is 145. The largest absolute Gasteiger partial charge is 0.150 e. The molecule has 0 spiro atoms. The Morgan fingerprint density at radius 3 is 1.87 bits per heavy atom. The van der Waals surface area contributed by atoms with Gasteiger partial charge in [-0.05, 0) is 6.42 Å². The molecule has 0 aromatic rings. The van der Waals surface area contributed by atoms with E-state index in [4.69, 9.17) is 11.6 Å². The Balaban J connectivity index is 3.24. The molecule has 0 aromatic heterocycles. The average Bonchev–Trinajstić information content (AvgIpc) is 2.14. The third kappa shape index (κ3) is 10.2. The van der Waals surface area contributed by atoms with Gasteiger partial charge in [-0.3, -0.25) is 0 Å². The van der Waals surface area contributed by atoms with Crippen molar-refractivity contribution in [3.63, 3.8) is 0 Å². The van der Waals surface area contributed by atoms with Crippen LogP contribution in [-0.2, 0) is 0 Å². The van der Waals surface area contributed by atoms with E-state index in [1.54, 1.807) is 0 Å². The molecule has 0 nitrogen and oxygen atoms in total. The molecular formula is C11H23ClS3. The number of thiol groups is 3. The second-order valence-corrected chi connectivity index (χ2v) is 7.77. The van der Waals surface area contributed by atoms with E-state index in [-0.39, 0.29) is 5.38 Å². The van der Waals surface area contributed by atoms with Gasteiger partial charge < -0.3 is 0 Å². The van der Waals surface area contributed by atoms with Crippen LogP contribution in [0.3, 0.4) is 0 Å². The summed E-state index contributed by atoms with van der Waals surface area (Å²) in [6, 6.07) is 0. The Hall–Kier alpha value is 1.34. The van der Waals surface area contributed by atoms with E-state index in [0.717, 1.165) is 12.8 Å². The van der Waals surface area contributed by atoms with E-state index in [1.807, 2.05) is 0 Å². The van der Waals surface area contributed by atoms with Crippen LogP contribution in [0.1, 0.15) is 58.3 Å². The zero-order valence-electron chi connectivity index (χ0n) is 9.45. The van der Waals surface area contributed by atoms with Gasteiger partial charge in [-0.1, -0.05) is 51.9 Å². The van der Waals surface area contributed by atoms with Crippen molar-refractivity contribution in [1.82, 2.24) is 0 Å². The van der Waals surface area contributed by atoms with E-state index < -0.39 is 3.41 Å². The maximum absolute atomic E-state index is 6.09. The first-order chi connectivity index (χ1) is 6.98. The Labute approximate surface area is 116 Å². The van der Waals surface area contributed by atoms with Crippen molar-refractivity contribution in [3.8, 4) is 0 Å². The monoisotopic (exact) mass is 286 g/mol. The number of halogens is 1. The van der Waals surface area contributed by atoms with Crippen LogP contribution in [0.2, 0.25) is 0 Å². The second-order valence-electron chi connectivity index (χ2n) is 4.06. The van der Waals surface area contributed by atoms with Crippen LogP contribution in [0.15, 0.2) is 0 Å². The fourth-order valence-electron chi connectivity index (χ4n) is 1.47. The van der Waals surface area contributed by atoms with Crippen LogP contribution in [0.5, 0.6) is 0 Å². The summed E-state index contributed by atoms with van der Waals surface area (Å²) in [5.41, 5.74) is 0. The van der Waals surface area contributed by atoms with Gasteiger partial charge in [0.15, 0.2) is 0 Å². The van der Waals surface area contributed by atoms with Gasteiger partial charge in [0.2, 0.25) is 0 Å². The predicted octanol–water partition coefficient (Wildman–Crippen LogP) is 5.18. The fraction of sp³-hybridized carbons (Fsp3) is 1.00. The minimum absolute atomic E-state index is 0.0665. The lowest BCUT2D eigenvalue weighted by molar-refractivity contribution is 0.571. The molecule has 4 heteroatoms. The smallest absolute Gasteiger partial charge is 0.115 e. The zero-order valence-corrected chi connectivity index (χ0v) is 12.9. The predicted molar refractivity (Wildman–Crippen MR) is 81.9 cm³/mol. The van der Waals surface area contributed by atoms with E-state index in [2.05, 4.69) is 44.8 Å². The molecule has 0 aromatic carbocycles. The van der Waals surface area contributed by atoms with E-state index in [9.17, 15) is 0 Å². The summed E-state index contributed by atoms with van der Waals surface area (Å²) in [4.78, 5) is 0. The molecule has 0 bridgehead atoms. The van der Waals surface area contributed by atoms with Gasteiger partial charge >= 0.3 is 0 Å². The molecule has 0 heterocycles. The number of hydrogen-bond donors (Lipinski definition) is 3. The first-order valence-electron chi connectivity index (χ1n) is 5.79. The number of unbranched alkanes of at least 4 members (excludes halogenated alkanes) is 6. The molecule has 0 amide bonds. The summed E-state index contributed by atoms with van der Waals surface area (Å²) in [6.45, 7) is 2.24. The van der Waals surface area contributed by atoms with Crippen molar-refractivity contribution < 1.29 is 0 Å². The quantitative estimate of drug-likeness (QED) is 0.221. The molecule has 1 atom stereocenters. The minimum Gasteiger partial charge on any atom is -0.150 e. The zero-order chi connectivity index (χ0) is 11.7. The molecule has 0 rings (SSSR count). The van der Waals surface area contributed by atoms with Gasteiger partial charge in [0.25, 0.3) is 0 Å². The van der Waals surface area contributed by atoms with Gasteiger partial charge in [0.05, 0.1) is 5.38 Å². The van der Waals surface area contributed by atoms with Gasteiger partial charge in [-0.2, -0.15) is 0 Å². The third-order valence-electron chi connectivity index (χ3n) is 2.48. The maximum Gasteiger partial charge on any atom is 0.115 e. The van der Waals surface area contributed by atoms with Crippen molar-refractivity contribution in [2.45, 2.75) is 67.1 Å². The Kier molecular flexibility index (Phi) is 10.2. The molecule has 0 aliphatic rings. The molecule has 0 fully saturated rings. The normalized spacial score (nSPS) is 14.2. The SMILES string of the molecule is CCCCCCCCCC(Cl)C(S)(S)S. The molecule has 0 radical (unpaired) electrons. The van der Waals surface area contributed by atoms with Crippen LogP contribution < -0.4 is 0 Å². The lowest BCUT2D eigenvalue weighted by atomic mass is 10.1. The highest BCUT2D eigenvalue weighted by Gasteiger charge is 2.24. The van der Waals surface area contributed by atoms with Crippen LogP contribution in [0, 0.1) is 0 Å². The van der Waals surface area contributed by atoms with Crippen LogP contribution in [0.4, 0.5) is 0 Å². The highest BCUT2D eigenvalue weighted by molar-refractivity contribution is 8.17. The molecule has 15 heavy (non-hydrogen) atoms. The summed E-state index contributed by atoms with van der Waals surface area (Å²) < 4.78 is -0.649.